The summed E-state index contributed by atoms with van der Waals surface area (Å²) in [6.45, 7) is 13.1. The van der Waals surface area contributed by atoms with Crippen LogP contribution in [-0.4, -0.2) is 127 Å². The number of aliphatic hydroxyl groups excluding tert-OH is 2. The van der Waals surface area contributed by atoms with Crippen molar-refractivity contribution >= 4 is 23.9 Å². The molecule has 308 valence electrons. The predicted octanol–water partition coefficient (Wildman–Crippen LogP) is 4.56. The molecule has 0 radical (unpaired) electrons. The van der Waals surface area contributed by atoms with Gasteiger partial charge in [-0.15, -0.1) is 0 Å². The molecule has 2 aliphatic heterocycles. The molecule has 0 bridgehead atoms. The van der Waals surface area contributed by atoms with E-state index in [-0.39, 0.29) is 11.8 Å². The maximum atomic E-state index is 11.5. The van der Waals surface area contributed by atoms with E-state index < -0.39 is 6.61 Å². The van der Waals surface area contributed by atoms with Crippen LogP contribution >= 0.6 is 0 Å². The molecular formula is C44H58N4O9. The second kappa shape index (κ2) is 26.0. The monoisotopic (exact) mass is 786 g/mol. The second-order valence-corrected chi connectivity index (χ2v) is 13.1. The van der Waals surface area contributed by atoms with Crippen LogP contribution in [-0.2, 0) is 50.0 Å². The second-order valence-electron chi connectivity index (χ2n) is 13.1. The van der Waals surface area contributed by atoms with Gasteiger partial charge in [0.15, 0.2) is 5.78 Å². The van der Waals surface area contributed by atoms with Gasteiger partial charge in [-0.2, -0.15) is 0 Å². The number of nitrogens with zero attached hydrogens (tertiary/aromatic N) is 4. The van der Waals surface area contributed by atoms with Crippen molar-refractivity contribution in [3.05, 3.63) is 120 Å². The van der Waals surface area contributed by atoms with Crippen molar-refractivity contribution in [2.45, 2.75) is 33.1 Å². The van der Waals surface area contributed by atoms with E-state index in [2.05, 4.69) is 34.1 Å². The molecular weight excluding hydrogens is 729 g/mol. The van der Waals surface area contributed by atoms with Crippen LogP contribution < -0.4 is 9.47 Å². The number of hydrogen-bond donors (Lipinski definition) is 2. The van der Waals surface area contributed by atoms with Gasteiger partial charge in [0.1, 0.15) is 31.3 Å². The summed E-state index contributed by atoms with van der Waals surface area (Å²) in [5, 5.41) is 15.8. The van der Waals surface area contributed by atoms with Crippen LogP contribution in [0, 0.1) is 0 Å². The molecule has 6 rings (SSSR count). The van der Waals surface area contributed by atoms with E-state index >= 15 is 0 Å². The molecule has 0 amide bonds. The van der Waals surface area contributed by atoms with E-state index in [0.29, 0.717) is 32.9 Å². The quantitative estimate of drug-likeness (QED) is 0.109. The van der Waals surface area contributed by atoms with Crippen molar-refractivity contribution in [3.8, 4) is 11.5 Å². The zero-order chi connectivity index (χ0) is 40.5. The zero-order valence-electron chi connectivity index (χ0n) is 33.2. The van der Waals surface area contributed by atoms with Crippen LogP contribution in [0.5, 0.6) is 11.5 Å². The number of rotatable bonds is 18. The van der Waals surface area contributed by atoms with E-state index in [1.165, 1.54) is 23.3 Å². The molecule has 2 saturated heterocycles. The van der Waals surface area contributed by atoms with Crippen LogP contribution in [0.3, 0.4) is 0 Å². The fourth-order valence-corrected chi connectivity index (χ4v) is 6.17. The lowest BCUT2D eigenvalue weighted by atomic mass is 10.2. The van der Waals surface area contributed by atoms with Gasteiger partial charge in [-0.3, -0.25) is 14.6 Å². The number of ether oxygens (including phenoxy) is 5. The van der Waals surface area contributed by atoms with Crippen molar-refractivity contribution in [2.24, 2.45) is 0 Å². The highest BCUT2D eigenvalue weighted by atomic mass is 16.5. The molecule has 13 nitrogen and oxygen atoms in total. The summed E-state index contributed by atoms with van der Waals surface area (Å²) < 4.78 is 31.6. The normalized spacial score (nSPS) is 14.7. The smallest absolute Gasteiger partial charge is 0.330 e. The fraction of sp³-hybridized carbons (Fsp3) is 0.409. The number of carbonyl (C=O) groups is 2. The molecule has 13 heteroatoms. The lowest BCUT2D eigenvalue weighted by molar-refractivity contribution is -0.137. The molecule has 2 aromatic carbocycles. The van der Waals surface area contributed by atoms with Gasteiger partial charge >= 0.3 is 5.97 Å². The van der Waals surface area contributed by atoms with Crippen molar-refractivity contribution in [3.63, 3.8) is 0 Å². The summed E-state index contributed by atoms with van der Waals surface area (Å²) >= 11 is 0. The third kappa shape index (κ3) is 16.5. The van der Waals surface area contributed by atoms with Crippen molar-refractivity contribution in [1.82, 2.24) is 18.9 Å². The minimum atomic E-state index is -0.471. The van der Waals surface area contributed by atoms with Gasteiger partial charge in [0, 0.05) is 76.2 Å². The number of morpholine rings is 2. The summed E-state index contributed by atoms with van der Waals surface area (Å²) in [5.41, 5.74) is 4.33. The number of carbonyl (C=O) groups excluding carboxylic acids is 2. The third-order valence-electron chi connectivity index (χ3n) is 9.02. The minimum absolute atomic E-state index is 0.309. The molecule has 2 N–H and O–H groups in total. The molecule has 0 aliphatic carbocycles. The van der Waals surface area contributed by atoms with Gasteiger partial charge in [-0.25, -0.2) is 4.79 Å². The van der Waals surface area contributed by atoms with Crippen molar-refractivity contribution in [1.29, 1.82) is 0 Å². The first kappa shape index (κ1) is 44.7. The molecule has 4 heterocycles. The predicted molar refractivity (Wildman–Crippen MR) is 220 cm³/mol. The number of benzene rings is 2. The number of aliphatic hydroxyl groups is 2. The minimum Gasteiger partial charge on any atom is -0.492 e. The average molecular weight is 787 g/mol. The van der Waals surface area contributed by atoms with Crippen LogP contribution in [0.1, 0.15) is 29.4 Å². The number of hydrogen-bond acceptors (Lipinski definition) is 11. The Morgan fingerprint density at radius 2 is 1.16 bits per heavy atom. The molecule has 2 aromatic heterocycles. The van der Waals surface area contributed by atoms with Gasteiger partial charge in [-0.1, -0.05) is 24.3 Å². The number of aromatic nitrogens is 2. The van der Waals surface area contributed by atoms with Crippen molar-refractivity contribution < 1.29 is 43.5 Å². The molecule has 0 saturated carbocycles. The SMILES string of the molecule is CCOC(=O)/C=C/c1cccn1CCOc1cccc(CN2CCOCC2)c1.CO.O=C(/C=C/c1cccn1CCOc1cccc(CN2CCOCC2)c1)CO. The molecule has 0 unspecified atom stereocenters. The number of ketones is 1. The van der Waals surface area contributed by atoms with E-state index in [1.54, 1.807) is 19.1 Å². The summed E-state index contributed by atoms with van der Waals surface area (Å²) in [6, 6.07) is 24.2. The first-order valence-corrected chi connectivity index (χ1v) is 19.4. The van der Waals surface area contributed by atoms with Crippen LogP contribution in [0.25, 0.3) is 12.2 Å². The van der Waals surface area contributed by atoms with E-state index in [0.717, 1.165) is 95.7 Å². The first-order valence-electron chi connectivity index (χ1n) is 19.4. The Bertz CT molecular complexity index is 1810. The lowest BCUT2D eigenvalue weighted by Crippen LogP contribution is -2.35. The largest absolute Gasteiger partial charge is 0.492 e. The number of esters is 1. The Labute approximate surface area is 336 Å². The van der Waals surface area contributed by atoms with Crippen molar-refractivity contribution in [2.75, 3.05) is 86.1 Å². The molecule has 0 spiro atoms. The summed E-state index contributed by atoms with van der Waals surface area (Å²) in [7, 11) is 1.00. The average Bonchev–Trinajstić information content (AvgIpc) is 3.90. The molecule has 4 aromatic rings. The summed E-state index contributed by atoms with van der Waals surface area (Å²) in [5.74, 6) is 1.10. The van der Waals surface area contributed by atoms with Gasteiger partial charge in [0.25, 0.3) is 0 Å². The van der Waals surface area contributed by atoms with Crippen LogP contribution in [0.2, 0.25) is 0 Å². The molecule has 2 aliphatic rings. The Morgan fingerprint density at radius 3 is 1.61 bits per heavy atom. The molecule has 0 atom stereocenters. The first-order chi connectivity index (χ1) is 28.0. The lowest BCUT2D eigenvalue weighted by Gasteiger charge is -2.26. The van der Waals surface area contributed by atoms with E-state index in [4.69, 9.17) is 33.9 Å². The highest BCUT2D eigenvalue weighted by Gasteiger charge is 2.12. The maximum absolute atomic E-state index is 11.5. The van der Waals surface area contributed by atoms with Crippen LogP contribution in [0.4, 0.5) is 0 Å². The van der Waals surface area contributed by atoms with Gasteiger partial charge in [-0.05, 0) is 84.8 Å². The van der Waals surface area contributed by atoms with E-state index in [1.807, 2.05) is 70.1 Å². The molecule has 2 fully saturated rings. The summed E-state index contributed by atoms with van der Waals surface area (Å²) in [4.78, 5) is 27.5. The van der Waals surface area contributed by atoms with E-state index in [9.17, 15) is 9.59 Å². The van der Waals surface area contributed by atoms with Crippen LogP contribution in [0.15, 0.2) is 97.3 Å². The highest BCUT2D eigenvalue weighted by Crippen LogP contribution is 2.18. The summed E-state index contributed by atoms with van der Waals surface area (Å²) in [6.07, 6.45) is 10.2. The Kier molecular flexibility index (Phi) is 20.4. The van der Waals surface area contributed by atoms with Gasteiger partial charge < -0.3 is 43.0 Å². The van der Waals surface area contributed by atoms with Gasteiger partial charge in [0.05, 0.1) is 46.1 Å². The third-order valence-corrected chi connectivity index (χ3v) is 9.02. The standard InChI is InChI=1S/C22H28N2O4.C21H26N2O4.CH4O/c1-2-27-22(25)9-8-20-6-4-10-24(20)13-16-28-21-7-3-5-19(17-21)18-23-11-14-26-15-12-23;24-17-20(25)7-6-19-4-2-8-23(19)11-14-27-21-5-1-3-18(15-21)16-22-9-12-26-13-10-22;1-2/h3-10,17H,2,11-16,18H2,1H3;1-8,15,24H,9-14,16-17H2;2H,1H3/b9-8+;7-6+;. The van der Waals surface area contributed by atoms with Gasteiger partial charge in [0.2, 0.25) is 0 Å². The zero-order valence-corrected chi connectivity index (χ0v) is 33.2. The topological polar surface area (TPSA) is 137 Å². The molecule has 57 heavy (non-hydrogen) atoms. The Hall–Kier alpha value is -5.02. The maximum Gasteiger partial charge on any atom is 0.330 e. The Morgan fingerprint density at radius 1 is 0.684 bits per heavy atom. The fourth-order valence-electron chi connectivity index (χ4n) is 6.17. The Balaban J connectivity index is 0.000000242. The highest BCUT2D eigenvalue weighted by molar-refractivity contribution is 5.94.